The fourth-order valence-corrected chi connectivity index (χ4v) is 5.60. The average Bonchev–Trinajstić information content (AvgIpc) is 2.91. The molecule has 1 fully saturated rings. The van der Waals surface area contributed by atoms with Gasteiger partial charge in [0.15, 0.2) is 6.61 Å². The fraction of sp³-hybridized carbons (Fsp3) is 0.250. The summed E-state index contributed by atoms with van der Waals surface area (Å²) >= 11 is 0. The van der Waals surface area contributed by atoms with Gasteiger partial charge in [-0.1, -0.05) is 30.3 Å². The maximum absolute atomic E-state index is 13.1. The van der Waals surface area contributed by atoms with Gasteiger partial charge >= 0.3 is 16.9 Å². The number of likely N-dealkylation sites (tertiary alicyclic amines) is 1. The number of benzene rings is 2. The second-order valence-electron chi connectivity index (χ2n) is 9.71. The minimum absolute atomic E-state index is 0.0243. The number of ether oxygens (including phenoxy) is 1. The summed E-state index contributed by atoms with van der Waals surface area (Å²) in [5.74, 6) is 0.153. The Morgan fingerprint density at radius 2 is 1.84 bits per heavy atom. The predicted octanol–water partition coefficient (Wildman–Crippen LogP) is 3.55. The number of rotatable bonds is 5. The van der Waals surface area contributed by atoms with Crippen LogP contribution in [0.4, 0.5) is 5.69 Å². The van der Waals surface area contributed by atoms with Crippen LogP contribution in [-0.4, -0.2) is 40.0 Å². The van der Waals surface area contributed by atoms with Crippen molar-refractivity contribution in [2.45, 2.75) is 18.9 Å². The van der Waals surface area contributed by atoms with Crippen molar-refractivity contribution < 1.29 is 18.9 Å². The van der Waals surface area contributed by atoms with E-state index in [-0.39, 0.29) is 24.3 Å². The Morgan fingerprint density at radius 3 is 2.63 bits per heavy atom. The largest absolute Gasteiger partial charge is 0.484 e. The third kappa shape index (κ3) is 4.23. The number of carbonyl (C=O) groups is 1. The van der Waals surface area contributed by atoms with E-state index in [9.17, 15) is 24.5 Å². The number of pyridine rings is 1. The molecule has 4 aromatic rings. The molecule has 0 aliphatic carbocycles. The molecule has 6 rings (SSSR count). The van der Waals surface area contributed by atoms with Gasteiger partial charge in [0.25, 0.3) is 5.91 Å². The molecule has 0 saturated carbocycles. The standard InChI is InChI=1S/C28H23N3O7/c32-26(29-13-17-10-19(15-29)23-8-9-24(31(35)36)28(34)30(23)14-17)16-37-20-6-7-21-22(18-4-2-1-3-5-18)12-27(33)38-25(21)11-20/h1-9,11-12,17,19H,10,13-16H2. The maximum atomic E-state index is 13.1. The lowest BCUT2D eigenvalue weighted by Crippen LogP contribution is -2.50. The van der Waals surface area contributed by atoms with Crippen LogP contribution in [0, 0.1) is 16.0 Å². The van der Waals surface area contributed by atoms with Gasteiger partial charge in [-0.3, -0.25) is 19.7 Å². The van der Waals surface area contributed by atoms with Crippen LogP contribution in [0.15, 0.2) is 80.7 Å². The second-order valence-corrected chi connectivity index (χ2v) is 9.71. The highest BCUT2D eigenvalue weighted by Crippen LogP contribution is 2.36. The highest BCUT2D eigenvalue weighted by atomic mass is 16.6. The molecular weight excluding hydrogens is 490 g/mol. The highest BCUT2D eigenvalue weighted by Gasteiger charge is 2.37. The molecule has 1 amide bonds. The molecule has 192 valence electrons. The Labute approximate surface area is 215 Å². The number of carbonyl (C=O) groups excluding carboxylic acids is 1. The normalized spacial score (nSPS) is 18.2. The van der Waals surface area contributed by atoms with Crippen LogP contribution < -0.4 is 15.9 Å². The second kappa shape index (κ2) is 9.29. The minimum atomic E-state index is -0.659. The zero-order valence-electron chi connectivity index (χ0n) is 20.2. The lowest BCUT2D eigenvalue weighted by atomic mass is 9.83. The summed E-state index contributed by atoms with van der Waals surface area (Å²) in [4.78, 5) is 50.0. The van der Waals surface area contributed by atoms with Crippen LogP contribution in [0.3, 0.4) is 0 Å². The van der Waals surface area contributed by atoms with Gasteiger partial charge in [0.1, 0.15) is 11.3 Å². The first-order valence-corrected chi connectivity index (χ1v) is 12.3. The monoisotopic (exact) mass is 513 g/mol. The molecule has 2 unspecified atom stereocenters. The van der Waals surface area contributed by atoms with Crippen LogP contribution in [0.25, 0.3) is 22.1 Å². The molecule has 1 saturated heterocycles. The summed E-state index contributed by atoms with van der Waals surface area (Å²) in [7, 11) is 0. The van der Waals surface area contributed by atoms with Gasteiger partial charge in [0.05, 0.1) is 4.92 Å². The van der Waals surface area contributed by atoms with Gasteiger partial charge in [0, 0.05) is 54.8 Å². The molecule has 2 aliphatic heterocycles. The van der Waals surface area contributed by atoms with Gasteiger partial charge in [-0.15, -0.1) is 0 Å². The first kappa shape index (κ1) is 23.7. The third-order valence-electron chi connectivity index (χ3n) is 7.30. The molecule has 0 radical (unpaired) electrons. The Balaban J connectivity index is 1.18. The SMILES string of the molecule is O=C(COc1ccc2c(-c3ccccc3)cc(=O)oc2c1)N1CC2CC(C1)c1ccc([N+](=O)[O-])c(=O)n1C2. The van der Waals surface area contributed by atoms with E-state index in [1.54, 1.807) is 29.2 Å². The number of hydrogen-bond acceptors (Lipinski definition) is 7. The molecule has 4 heterocycles. The first-order chi connectivity index (χ1) is 18.4. The van der Waals surface area contributed by atoms with Crippen molar-refractivity contribution in [2.24, 2.45) is 5.92 Å². The van der Waals surface area contributed by atoms with Crippen molar-refractivity contribution in [3.63, 3.8) is 0 Å². The summed E-state index contributed by atoms with van der Waals surface area (Å²) in [5, 5.41) is 11.9. The molecule has 0 spiro atoms. The van der Waals surface area contributed by atoms with Crippen molar-refractivity contribution in [3.8, 4) is 16.9 Å². The number of nitro groups is 1. The van der Waals surface area contributed by atoms with Gasteiger partial charge in [0.2, 0.25) is 0 Å². The van der Waals surface area contributed by atoms with Crippen LogP contribution in [-0.2, 0) is 11.3 Å². The molecule has 2 bridgehead atoms. The molecule has 2 aliphatic rings. The number of amides is 1. The average molecular weight is 514 g/mol. The van der Waals surface area contributed by atoms with E-state index in [0.29, 0.717) is 36.7 Å². The number of piperidine rings is 1. The molecule has 2 aromatic carbocycles. The zero-order chi connectivity index (χ0) is 26.4. The smallest absolute Gasteiger partial charge is 0.336 e. The topological polar surface area (TPSA) is 125 Å². The molecule has 2 atom stereocenters. The molecule has 0 N–H and O–H groups in total. The van der Waals surface area contributed by atoms with Gasteiger partial charge in [-0.05, 0) is 41.7 Å². The highest BCUT2D eigenvalue weighted by molar-refractivity contribution is 5.93. The summed E-state index contributed by atoms with van der Waals surface area (Å²) in [6.07, 6.45) is 0.815. The molecule has 10 nitrogen and oxygen atoms in total. The Kier molecular flexibility index (Phi) is 5.79. The number of fused-ring (bicyclic) bond motifs is 5. The molecule has 10 heteroatoms. The van der Waals surface area contributed by atoms with Crippen molar-refractivity contribution in [1.82, 2.24) is 9.47 Å². The first-order valence-electron chi connectivity index (χ1n) is 12.3. The van der Waals surface area contributed by atoms with Gasteiger partial charge in [-0.25, -0.2) is 4.79 Å². The van der Waals surface area contributed by atoms with Crippen LogP contribution in [0.5, 0.6) is 5.75 Å². The summed E-state index contributed by atoms with van der Waals surface area (Å²) in [6, 6.07) is 19.0. The summed E-state index contributed by atoms with van der Waals surface area (Å²) in [6.45, 7) is 0.994. The molecule has 2 aromatic heterocycles. The van der Waals surface area contributed by atoms with Gasteiger partial charge in [-0.2, -0.15) is 0 Å². The molecular formula is C28H23N3O7. The Bertz CT molecular complexity index is 1690. The third-order valence-corrected chi connectivity index (χ3v) is 7.30. The fourth-order valence-electron chi connectivity index (χ4n) is 5.60. The zero-order valence-corrected chi connectivity index (χ0v) is 20.2. The lowest BCUT2D eigenvalue weighted by Gasteiger charge is -2.42. The number of aromatic nitrogens is 1. The van der Waals surface area contributed by atoms with Crippen molar-refractivity contribution in [1.29, 1.82) is 0 Å². The minimum Gasteiger partial charge on any atom is -0.484 e. The van der Waals surface area contributed by atoms with E-state index < -0.39 is 21.8 Å². The van der Waals surface area contributed by atoms with E-state index in [0.717, 1.165) is 22.9 Å². The van der Waals surface area contributed by atoms with Crippen molar-refractivity contribution in [3.05, 3.63) is 103 Å². The lowest BCUT2D eigenvalue weighted by molar-refractivity contribution is -0.386. The van der Waals surface area contributed by atoms with Crippen LogP contribution in [0.2, 0.25) is 0 Å². The van der Waals surface area contributed by atoms with E-state index in [1.807, 2.05) is 30.3 Å². The van der Waals surface area contributed by atoms with Crippen molar-refractivity contribution in [2.75, 3.05) is 19.7 Å². The van der Waals surface area contributed by atoms with Crippen LogP contribution in [0.1, 0.15) is 18.0 Å². The molecule has 38 heavy (non-hydrogen) atoms. The Hall–Kier alpha value is -4.73. The maximum Gasteiger partial charge on any atom is 0.336 e. The van der Waals surface area contributed by atoms with E-state index >= 15 is 0 Å². The number of hydrogen-bond donors (Lipinski definition) is 0. The predicted molar refractivity (Wildman–Crippen MR) is 138 cm³/mol. The van der Waals surface area contributed by atoms with Gasteiger partial charge < -0.3 is 18.6 Å². The van der Waals surface area contributed by atoms with Crippen molar-refractivity contribution >= 4 is 22.6 Å². The quantitative estimate of drug-likeness (QED) is 0.227. The van der Waals surface area contributed by atoms with Crippen LogP contribution >= 0.6 is 0 Å². The van der Waals surface area contributed by atoms with E-state index in [4.69, 9.17) is 9.15 Å². The summed E-state index contributed by atoms with van der Waals surface area (Å²) in [5.41, 5.74) is 1.22. The summed E-state index contributed by atoms with van der Waals surface area (Å²) < 4.78 is 12.7. The Morgan fingerprint density at radius 1 is 1.03 bits per heavy atom. The van der Waals surface area contributed by atoms with E-state index in [2.05, 4.69) is 0 Å². The number of nitrogens with zero attached hydrogens (tertiary/aromatic N) is 3. The van der Waals surface area contributed by atoms with E-state index in [1.165, 1.54) is 16.7 Å².